The highest BCUT2D eigenvalue weighted by Crippen LogP contribution is 2.33. The molecule has 0 aliphatic heterocycles. The highest BCUT2D eigenvalue weighted by atomic mass is 32.2. The summed E-state index contributed by atoms with van der Waals surface area (Å²) in [6.45, 7) is -0.446. The highest BCUT2D eigenvalue weighted by molar-refractivity contribution is 7.92. The minimum absolute atomic E-state index is 0.208. The maximum absolute atomic E-state index is 11.9. The first kappa shape index (κ1) is 16.1. The van der Waals surface area contributed by atoms with Crippen LogP contribution >= 0.6 is 0 Å². The lowest BCUT2D eigenvalue weighted by molar-refractivity contribution is -0.138. The number of ether oxygens (including phenoxy) is 3. The van der Waals surface area contributed by atoms with Crippen molar-refractivity contribution in [2.75, 3.05) is 38.4 Å². The van der Waals surface area contributed by atoms with Gasteiger partial charge in [-0.05, 0) is 12.1 Å². The molecule has 1 aromatic carbocycles. The quantitative estimate of drug-likeness (QED) is 0.717. The molecule has 0 spiro atoms. The summed E-state index contributed by atoms with van der Waals surface area (Å²) in [6.07, 6.45) is 0.995. The predicted octanol–water partition coefficient (Wildman–Crippen LogP) is 0.643. The van der Waals surface area contributed by atoms with E-state index in [0.717, 1.165) is 10.6 Å². The van der Waals surface area contributed by atoms with Crippen molar-refractivity contribution in [2.24, 2.45) is 0 Å². The molecular formula is C12H17NO6S. The molecule has 8 heteroatoms. The topological polar surface area (TPSA) is 82.1 Å². The molecule has 0 aliphatic carbocycles. The maximum Gasteiger partial charge on any atom is 0.326 e. The van der Waals surface area contributed by atoms with Crippen molar-refractivity contribution in [2.45, 2.75) is 0 Å². The monoisotopic (exact) mass is 303 g/mol. The summed E-state index contributed by atoms with van der Waals surface area (Å²) >= 11 is 0. The van der Waals surface area contributed by atoms with Crippen LogP contribution in [0.4, 0.5) is 5.69 Å². The van der Waals surface area contributed by atoms with Gasteiger partial charge in [-0.25, -0.2) is 8.42 Å². The van der Waals surface area contributed by atoms with E-state index in [1.54, 1.807) is 12.1 Å². The number of anilines is 1. The lowest BCUT2D eigenvalue weighted by atomic mass is 10.2. The van der Waals surface area contributed by atoms with Gasteiger partial charge in [0.1, 0.15) is 18.0 Å². The Hall–Kier alpha value is -1.96. The SMILES string of the molecule is COC(=O)CN(c1cc(OC)ccc1OC)S(C)(=O)=O. The molecule has 0 aliphatic rings. The molecule has 0 unspecified atom stereocenters. The number of sulfonamides is 1. The Bertz CT molecular complexity index is 584. The maximum atomic E-state index is 11.9. The Morgan fingerprint density at radius 3 is 2.30 bits per heavy atom. The molecular weight excluding hydrogens is 286 g/mol. The first-order chi connectivity index (χ1) is 9.33. The lowest BCUT2D eigenvalue weighted by Crippen LogP contribution is -2.35. The van der Waals surface area contributed by atoms with Gasteiger partial charge in [0.15, 0.2) is 0 Å². The summed E-state index contributed by atoms with van der Waals surface area (Å²) in [6, 6.07) is 4.66. The van der Waals surface area contributed by atoms with Crippen LogP contribution in [0.15, 0.2) is 18.2 Å². The van der Waals surface area contributed by atoms with Gasteiger partial charge in [0.05, 0.1) is 33.3 Å². The lowest BCUT2D eigenvalue weighted by Gasteiger charge is -2.23. The molecule has 0 atom stereocenters. The van der Waals surface area contributed by atoms with Crippen molar-refractivity contribution < 1.29 is 27.4 Å². The van der Waals surface area contributed by atoms with E-state index in [4.69, 9.17) is 9.47 Å². The Morgan fingerprint density at radius 1 is 1.20 bits per heavy atom. The molecule has 1 aromatic rings. The van der Waals surface area contributed by atoms with E-state index in [1.165, 1.54) is 27.4 Å². The zero-order valence-corrected chi connectivity index (χ0v) is 12.6. The van der Waals surface area contributed by atoms with Gasteiger partial charge in [-0.15, -0.1) is 0 Å². The number of hydrogen-bond donors (Lipinski definition) is 0. The van der Waals surface area contributed by atoms with Crippen LogP contribution in [0.5, 0.6) is 11.5 Å². The molecule has 7 nitrogen and oxygen atoms in total. The molecule has 112 valence electrons. The molecule has 0 heterocycles. The molecule has 0 N–H and O–H groups in total. The van der Waals surface area contributed by atoms with E-state index >= 15 is 0 Å². The van der Waals surface area contributed by atoms with Gasteiger partial charge in [0, 0.05) is 6.07 Å². The smallest absolute Gasteiger partial charge is 0.326 e. The van der Waals surface area contributed by atoms with E-state index in [9.17, 15) is 13.2 Å². The molecule has 0 saturated heterocycles. The second kappa shape index (κ2) is 6.47. The second-order valence-corrected chi connectivity index (χ2v) is 5.79. The number of carbonyl (C=O) groups excluding carboxylic acids is 1. The summed E-state index contributed by atoms with van der Waals surface area (Å²) in [5, 5.41) is 0. The molecule has 0 amide bonds. The van der Waals surface area contributed by atoms with Crippen molar-refractivity contribution in [1.82, 2.24) is 0 Å². The number of nitrogens with zero attached hydrogens (tertiary/aromatic N) is 1. The Balaban J connectivity index is 3.35. The summed E-state index contributed by atoms with van der Waals surface area (Å²) in [7, 11) is 0.364. The Kier molecular flexibility index (Phi) is 5.20. The Labute approximate surface area is 118 Å². The summed E-state index contributed by atoms with van der Waals surface area (Å²) < 4.78 is 39.3. The summed E-state index contributed by atoms with van der Waals surface area (Å²) in [5.74, 6) is 0.0692. The average Bonchev–Trinajstić information content (AvgIpc) is 2.42. The fraction of sp³-hybridized carbons (Fsp3) is 0.417. The standard InChI is InChI=1S/C12H17NO6S/c1-17-9-5-6-11(18-2)10(7-9)13(20(4,15)16)8-12(14)19-3/h5-7H,8H2,1-4H3. The van der Waals surface area contributed by atoms with Gasteiger partial charge in [-0.1, -0.05) is 0 Å². The van der Waals surface area contributed by atoms with Crippen LogP contribution in [-0.2, 0) is 19.6 Å². The normalized spacial score (nSPS) is 10.8. The third-order valence-corrected chi connectivity index (χ3v) is 3.68. The molecule has 0 fully saturated rings. The molecule has 0 radical (unpaired) electrons. The minimum atomic E-state index is -3.68. The van der Waals surface area contributed by atoms with Crippen molar-refractivity contribution in [1.29, 1.82) is 0 Å². The van der Waals surface area contributed by atoms with Crippen LogP contribution in [0, 0.1) is 0 Å². The van der Waals surface area contributed by atoms with Crippen molar-refractivity contribution in [3.05, 3.63) is 18.2 Å². The number of rotatable bonds is 6. The molecule has 20 heavy (non-hydrogen) atoms. The average molecular weight is 303 g/mol. The molecule has 0 saturated carbocycles. The van der Waals surface area contributed by atoms with Gasteiger partial charge in [-0.3, -0.25) is 9.10 Å². The highest BCUT2D eigenvalue weighted by Gasteiger charge is 2.24. The third kappa shape index (κ3) is 3.77. The number of carbonyl (C=O) groups is 1. The fourth-order valence-electron chi connectivity index (χ4n) is 1.55. The van der Waals surface area contributed by atoms with Gasteiger partial charge < -0.3 is 14.2 Å². The Morgan fingerprint density at radius 2 is 1.85 bits per heavy atom. The third-order valence-electron chi connectivity index (χ3n) is 2.56. The number of benzene rings is 1. The van der Waals surface area contributed by atoms with E-state index in [2.05, 4.69) is 4.74 Å². The summed E-state index contributed by atoms with van der Waals surface area (Å²) in [5.41, 5.74) is 0.208. The zero-order valence-electron chi connectivity index (χ0n) is 11.7. The number of esters is 1. The van der Waals surface area contributed by atoms with E-state index in [0.29, 0.717) is 11.5 Å². The van der Waals surface area contributed by atoms with Crippen LogP contribution in [0.1, 0.15) is 0 Å². The molecule has 1 rings (SSSR count). The first-order valence-electron chi connectivity index (χ1n) is 5.60. The number of hydrogen-bond acceptors (Lipinski definition) is 6. The fourth-order valence-corrected chi connectivity index (χ4v) is 2.39. The first-order valence-corrected chi connectivity index (χ1v) is 7.45. The number of methoxy groups -OCH3 is 3. The van der Waals surface area contributed by atoms with Crippen LogP contribution in [-0.4, -0.2) is 48.5 Å². The summed E-state index contributed by atoms with van der Waals surface area (Å²) in [4.78, 5) is 11.4. The van der Waals surface area contributed by atoms with Crippen molar-refractivity contribution in [3.8, 4) is 11.5 Å². The van der Waals surface area contributed by atoms with Crippen molar-refractivity contribution >= 4 is 21.7 Å². The van der Waals surface area contributed by atoms with Crippen LogP contribution < -0.4 is 13.8 Å². The van der Waals surface area contributed by atoms with Gasteiger partial charge in [-0.2, -0.15) is 0 Å². The zero-order chi connectivity index (χ0) is 15.3. The van der Waals surface area contributed by atoms with Gasteiger partial charge >= 0.3 is 5.97 Å². The van der Waals surface area contributed by atoms with Gasteiger partial charge in [0.2, 0.25) is 10.0 Å². The molecule has 0 aromatic heterocycles. The van der Waals surface area contributed by atoms with E-state index in [-0.39, 0.29) is 5.69 Å². The van der Waals surface area contributed by atoms with Gasteiger partial charge in [0.25, 0.3) is 0 Å². The van der Waals surface area contributed by atoms with Crippen LogP contribution in [0.2, 0.25) is 0 Å². The van der Waals surface area contributed by atoms with Crippen LogP contribution in [0.3, 0.4) is 0 Å². The van der Waals surface area contributed by atoms with E-state index < -0.39 is 22.5 Å². The van der Waals surface area contributed by atoms with E-state index in [1.807, 2.05) is 0 Å². The van der Waals surface area contributed by atoms with Crippen LogP contribution in [0.25, 0.3) is 0 Å². The largest absolute Gasteiger partial charge is 0.497 e. The predicted molar refractivity (Wildman–Crippen MR) is 73.8 cm³/mol. The molecule has 0 bridgehead atoms. The second-order valence-electron chi connectivity index (χ2n) is 3.88. The minimum Gasteiger partial charge on any atom is -0.497 e. The van der Waals surface area contributed by atoms with Crippen molar-refractivity contribution in [3.63, 3.8) is 0 Å².